The minimum atomic E-state index is -0.509. The number of nitrogen functional groups attached to an aromatic ring is 2. The Morgan fingerprint density at radius 2 is 1.81 bits per heavy atom. The summed E-state index contributed by atoms with van der Waals surface area (Å²) < 4.78 is 29.7. The molecule has 4 N–H and O–H groups in total. The summed E-state index contributed by atoms with van der Waals surface area (Å²) in [4.78, 5) is 18.4. The molecule has 0 bridgehead atoms. The summed E-state index contributed by atoms with van der Waals surface area (Å²) in [6, 6.07) is 2.27. The number of aromatic nitrogens is 2. The van der Waals surface area contributed by atoms with E-state index in [9.17, 15) is 13.6 Å². The van der Waals surface area contributed by atoms with Gasteiger partial charge in [0.25, 0.3) is 0 Å². The number of carbonyl (C=O) groups excluding carboxylic acids is 1. The Hall–Kier alpha value is -2.74. The molecule has 0 aliphatic rings. The van der Waals surface area contributed by atoms with E-state index in [1.807, 2.05) is 6.92 Å². The van der Waals surface area contributed by atoms with Gasteiger partial charge in [-0.2, -0.15) is 0 Å². The first-order valence-corrected chi connectivity index (χ1v) is 8.03. The second-order valence-corrected chi connectivity index (χ2v) is 5.37. The van der Waals surface area contributed by atoms with Crippen LogP contribution in [0.15, 0.2) is 30.6 Å². The van der Waals surface area contributed by atoms with Crippen LogP contribution in [-0.4, -0.2) is 22.5 Å². The number of rotatable bonds is 5. The molecule has 0 amide bonds. The molecule has 0 saturated heterocycles. The Labute approximate surface area is 154 Å². The van der Waals surface area contributed by atoms with Gasteiger partial charge in [0.05, 0.1) is 36.1 Å². The lowest BCUT2D eigenvalue weighted by molar-refractivity contribution is -0.137. The molecule has 0 spiro atoms. The minimum Gasteiger partial charge on any atom is -0.463 e. The Morgan fingerprint density at radius 3 is 2.35 bits per heavy atom. The number of esters is 1. The molecule has 140 valence electrons. The number of ether oxygens (including phenoxy) is 1. The number of anilines is 2. The number of nitrogens with two attached hydrogens (primary N) is 2. The first-order valence-electron chi connectivity index (χ1n) is 7.65. The molecule has 0 atom stereocenters. The molecular weight excluding hydrogens is 366 g/mol. The van der Waals surface area contributed by atoms with Crippen LogP contribution in [0.4, 0.5) is 20.2 Å². The largest absolute Gasteiger partial charge is 0.463 e. The third-order valence-electron chi connectivity index (χ3n) is 2.87. The standard InChI is InChI=1S/C12H15FN2O2.C5H4ClFN2/c1-2-3-6-17-12(16)5-4-11-10(14)7-9(13)8-15-11;6-5-4(8)1-3(7)2-9-5/h4-5,7-8H,2-3,6,14H2,1H3;1-2H,8H2/b5-4+;. The van der Waals surface area contributed by atoms with Crippen molar-refractivity contribution in [1.29, 1.82) is 0 Å². The Bertz CT molecular complexity index is 772. The first kappa shape index (κ1) is 21.3. The van der Waals surface area contributed by atoms with Crippen molar-refractivity contribution in [3.05, 3.63) is 53.1 Å². The highest BCUT2D eigenvalue weighted by Crippen LogP contribution is 2.14. The lowest BCUT2D eigenvalue weighted by Gasteiger charge is -2.00. The molecule has 26 heavy (non-hydrogen) atoms. The van der Waals surface area contributed by atoms with Gasteiger partial charge in [0.15, 0.2) is 5.15 Å². The van der Waals surface area contributed by atoms with Crippen molar-refractivity contribution < 1.29 is 18.3 Å². The van der Waals surface area contributed by atoms with Gasteiger partial charge in [0.2, 0.25) is 0 Å². The first-order chi connectivity index (χ1) is 12.3. The normalized spacial score (nSPS) is 10.3. The van der Waals surface area contributed by atoms with E-state index in [2.05, 4.69) is 9.97 Å². The van der Waals surface area contributed by atoms with Crippen molar-refractivity contribution in [2.75, 3.05) is 18.1 Å². The summed E-state index contributed by atoms with van der Waals surface area (Å²) in [5.74, 6) is -1.44. The fourth-order valence-corrected chi connectivity index (χ4v) is 1.66. The lowest BCUT2D eigenvalue weighted by atomic mass is 10.3. The third-order valence-corrected chi connectivity index (χ3v) is 3.18. The van der Waals surface area contributed by atoms with E-state index in [1.54, 1.807) is 0 Å². The fourth-order valence-electron chi connectivity index (χ4n) is 1.56. The number of pyridine rings is 2. The Morgan fingerprint density at radius 1 is 1.19 bits per heavy atom. The van der Waals surface area contributed by atoms with Gasteiger partial charge in [-0.1, -0.05) is 24.9 Å². The molecule has 0 saturated carbocycles. The monoisotopic (exact) mass is 384 g/mol. The molecule has 0 fully saturated rings. The molecule has 0 aromatic carbocycles. The van der Waals surface area contributed by atoms with Gasteiger partial charge in [-0.15, -0.1) is 0 Å². The average Bonchev–Trinajstić information content (AvgIpc) is 2.58. The van der Waals surface area contributed by atoms with Crippen LogP contribution >= 0.6 is 11.6 Å². The summed E-state index contributed by atoms with van der Waals surface area (Å²) in [5.41, 5.74) is 11.4. The molecule has 6 nitrogen and oxygen atoms in total. The maximum absolute atomic E-state index is 12.7. The van der Waals surface area contributed by atoms with E-state index in [1.165, 1.54) is 12.2 Å². The van der Waals surface area contributed by atoms with Crippen molar-refractivity contribution in [2.45, 2.75) is 19.8 Å². The third kappa shape index (κ3) is 7.89. The Kier molecular flexibility index (Phi) is 9.00. The zero-order valence-corrected chi connectivity index (χ0v) is 14.8. The van der Waals surface area contributed by atoms with Crippen LogP contribution in [0.3, 0.4) is 0 Å². The summed E-state index contributed by atoms with van der Waals surface area (Å²) in [6.45, 7) is 2.40. The quantitative estimate of drug-likeness (QED) is 0.353. The molecular formula is C17H19ClF2N4O2. The molecule has 0 aliphatic heterocycles. The van der Waals surface area contributed by atoms with Gasteiger partial charge in [-0.05, 0) is 12.5 Å². The number of carbonyl (C=O) groups is 1. The van der Waals surface area contributed by atoms with Crippen LogP contribution in [0.25, 0.3) is 6.08 Å². The number of halogens is 3. The van der Waals surface area contributed by atoms with Crippen molar-refractivity contribution in [3.63, 3.8) is 0 Å². The van der Waals surface area contributed by atoms with E-state index < -0.39 is 17.6 Å². The summed E-state index contributed by atoms with van der Waals surface area (Å²) in [6.07, 6.45) is 6.48. The van der Waals surface area contributed by atoms with E-state index in [0.717, 1.165) is 37.4 Å². The number of unbranched alkanes of at least 4 members (excludes halogenated alkanes) is 1. The highest BCUT2D eigenvalue weighted by molar-refractivity contribution is 6.31. The fraction of sp³-hybridized carbons (Fsp3) is 0.235. The number of hydrogen-bond acceptors (Lipinski definition) is 6. The predicted molar refractivity (Wildman–Crippen MR) is 97.1 cm³/mol. The van der Waals surface area contributed by atoms with Crippen molar-refractivity contribution >= 4 is 35.0 Å². The summed E-state index contributed by atoms with van der Waals surface area (Å²) in [7, 11) is 0. The maximum Gasteiger partial charge on any atom is 0.330 e. The SMILES string of the molecule is CCCCOC(=O)/C=C/c1ncc(F)cc1N.Nc1cc(F)cnc1Cl. The second-order valence-electron chi connectivity index (χ2n) is 5.02. The smallest absolute Gasteiger partial charge is 0.330 e. The highest BCUT2D eigenvalue weighted by Gasteiger charge is 2.01. The zero-order chi connectivity index (χ0) is 19.5. The van der Waals surface area contributed by atoms with Gasteiger partial charge < -0.3 is 16.2 Å². The van der Waals surface area contributed by atoms with Crippen LogP contribution < -0.4 is 11.5 Å². The molecule has 2 rings (SSSR count). The van der Waals surface area contributed by atoms with Crippen molar-refractivity contribution in [3.8, 4) is 0 Å². The van der Waals surface area contributed by atoms with Gasteiger partial charge in [0.1, 0.15) is 11.6 Å². The zero-order valence-electron chi connectivity index (χ0n) is 14.1. The molecule has 0 aliphatic carbocycles. The van der Waals surface area contributed by atoms with Gasteiger partial charge in [0, 0.05) is 18.2 Å². The Balaban J connectivity index is 0.000000314. The van der Waals surface area contributed by atoms with Crippen molar-refractivity contribution in [1.82, 2.24) is 9.97 Å². The van der Waals surface area contributed by atoms with E-state index >= 15 is 0 Å². The molecule has 2 aromatic rings. The van der Waals surface area contributed by atoms with Crippen LogP contribution in [0.5, 0.6) is 0 Å². The van der Waals surface area contributed by atoms with E-state index in [4.69, 9.17) is 27.8 Å². The van der Waals surface area contributed by atoms with Crippen LogP contribution in [0, 0.1) is 11.6 Å². The molecule has 2 aromatic heterocycles. The molecule has 2 heterocycles. The number of nitrogens with zero attached hydrogens (tertiary/aromatic N) is 2. The van der Waals surface area contributed by atoms with Crippen molar-refractivity contribution in [2.24, 2.45) is 0 Å². The lowest BCUT2D eigenvalue weighted by Crippen LogP contribution is -2.02. The van der Waals surface area contributed by atoms with Crippen LogP contribution in [-0.2, 0) is 9.53 Å². The summed E-state index contributed by atoms with van der Waals surface area (Å²) >= 11 is 5.38. The predicted octanol–water partition coefficient (Wildman–Crippen LogP) is 3.62. The van der Waals surface area contributed by atoms with E-state index in [-0.39, 0.29) is 16.5 Å². The van der Waals surface area contributed by atoms with Gasteiger partial charge in [-0.25, -0.2) is 18.6 Å². The topological polar surface area (TPSA) is 104 Å². The highest BCUT2D eigenvalue weighted by atomic mass is 35.5. The summed E-state index contributed by atoms with van der Waals surface area (Å²) in [5, 5.41) is 0.136. The van der Waals surface area contributed by atoms with Crippen LogP contribution in [0.2, 0.25) is 5.15 Å². The van der Waals surface area contributed by atoms with Crippen LogP contribution in [0.1, 0.15) is 25.5 Å². The molecule has 0 unspecified atom stereocenters. The molecule has 9 heteroatoms. The van der Waals surface area contributed by atoms with Gasteiger partial charge in [-0.3, -0.25) is 4.98 Å². The maximum atomic E-state index is 12.7. The minimum absolute atomic E-state index is 0.136. The second kappa shape index (κ2) is 11.0. The van der Waals surface area contributed by atoms with Gasteiger partial charge >= 0.3 is 5.97 Å². The molecule has 0 radical (unpaired) electrons. The average molecular weight is 385 g/mol. The van der Waals surface area contributed by atoms with E-state index in [0.29, 0.717) is 12.3 Å². The number of hydrogen-bond donors (Lipinski definition) is 2.